The Morgan fingerprint density at radius 3 is 2.54 bits per heavy atom. The zero-order valence-electron chi connectivity index (χ0n) is 14.5. The van der Waals surface area contributed by atoms with Crippen molar-refractivity contribution in [3.05, 3.63) is 90.0 Å². The van der Waals surface area contributed by atoms with E-state index >= 15 is 0 Å². The third-order valence-corrected chi connectivity index (χ3v) is 4.07. The summed E-state index contributed by atoms with van der Waals surface area (Å²) in [7, 11) is 0. The van der Waals surface area contributed by atoms with E-state index in [2.05, 4.69) is 10.4 Å². The molecular weight excluding hydrogens is 329 g/mol. The highest BCUT2D eigenvalue weighted by Crippen LogP contribution is 2.14. The van der Waals surface area contributed by atoms with Gasteiger partial charge in [0.1, 0.15) is 5.82 Å². The molecule has 0 fully saturated rings. The first kappa shape index (κ1) is 17.6. The minimum atomic E-state index is -0.287. The van der Waals surface area contributed by atoms with Gasteiger partial charge in [-0.2, -0.15) is 5.10 Å². The molecule has 0 saturated carbocycles. The van der Waals surface area contributed by atoms with E-state index in [0.29, 0.717) is 6.54 Å². The van der Waals surface area contributed by atoms with Crippen molar-refractivity contribution in [2.24, 2.45) is 0 Å². The molecule has 0 unspecified atom stereocenters. The van der Waals surface area contributed by atoms with Crippen LogP contribution in [0.2, 0.25) is 0 Å². The fraction of sp³-hybridized carbons (Fsp3) is 0.143. The highest BCUT2D eigenvalue weighted by atomic mass is 19.1. The quantitative estimate of drug-likeness (QED) is 0.689. The van der Waals surface area contributed by atoms with Crippen LogP contribution in [0.15, 0.2) is 73.1 Å². The van der Waals surface area contributed by atoms with Crippen LogP contribution in [0, 0.1) is 5.82 Å². The summed E-state index contributed by atoms with van der Waals surface area (Å²) in [5, 5.41) is 7.07. The van der Waals surface area contributed by atoms with Gasteiger partial charge in [-0.3, -0.25) is 4.79 Å². The predicted molar refractivity (Wildman–Crippen MR) is 100 cm³/mol. The minimum Gasteiger partial charge on any atom is -0.352 e. The number of hydrogen-bond donors (Lipinski definition) is 1. The number of allylic oxidation sites excluding steroid dienone is 1. The number of carbonyl (C=O) groups is 1. The van der Waals surface area contributed by atoms with E-state index in [-0.39, 0.29) is 11.7 Å². The summed E-state index contributed by atoms with van der Waals surface area (Å²) < 4.78 is 14.7. The Morgan fingerprint density at radius 2 is 1.88 bits per heavy atom. The fourth-order valence-corrected chi connectivity index (χ4v) is 2.61. The van der Waals surface area contributed by atoms with Crippen molar-refractivity contribution < 1.29 is 9.18 Å². The van der Waals surface area contributed by atoms with Crippen LogP contribution in [0.4, 0.5) is 4.39 Å². The van der Waals surface area contributed by atoms with E-state index in [0.717, 1.165) is 28.8 Å². The van der Waals surface area contributed by atoms with E-state index in [1.54, 1.807) is 23.0 Å². The summed E-state index contributed by atoms with van der Waals surface area (Å²) in [5.74, 6) is -0.440. The molecule has 1 amide bonds. The van der Waals surface area contributed by atoms with Gasteiger partial charge >= 0.3 is 0 Å². The molecule has 0 saturated heterocycles. The smallest absolute Gasteiger partial charge is 0.244 e. The van der Waals surface area contributed by atoms with E-state index < -0.39 is 0 Å². The van der Waals surface area contributed by atoms with E-state index in [4.69, 9.17) is 0 Å². The predicted octanol–water partition coefficient (Wildman–Crippen LogP) is 3.77. The molecule has 1 aromatic heterocycles. The normalized spacial score (nSPS) is 11.4. The molecule has 0 aliphatic carbocycles. The van der Waals surface area contributed by atoms with Crippen LogP contribution < -0.4 is 5.32 Å². The first-order chi connectivity index (χ1) is 12.6. The maximum absolute atomic E-state index is 12.9. The van der Waals surface area contributed by atoms with Crippen LogP contribution in [0.3, 0.4) is 0 Å². The first-order valence-electron chi connectivity index (χ1n) is 8.43. The number of amides is 1. The van der Waals surface area contributed by atoms with Gasteiger partial charge in [0.05, 0.1) is 5.69 Å². The van der Waals surface area contributed by atoms with Crippen LogP contribution in [0.5, 0.6) is 0 Å². The Morgan fingerprint density at radius 1 is 1.15 bits per heavy atom. The topological polar surface area (TPSA) is 46.9 Å². The number of nitrogens with one attached hydrogen (secondary N) is 1. The molecule has 1 N–H and O–H groups in total. The van der Waals surface area contributed by atoms with Crippen molar-refractivity contribution >= 4 is 11.5 Å². The fourth-order valence-electron chi connectivity index (χ4n) is 2.61. The Hall–Kier alpha value is -3.21. The van der Waals surface area contributed by atoms with Gasteiger partial charge in [0.25, 0.3) is 0 Å². The molecule has 0 atom stereocenters. The van der Waals surface area contributed by atoms with Crippen LogP contribution in [0.25, 0.3) is 11.3 Å². The van der Waals surface area contributed by atoms with Gasteiger partial charge in [0, 0.05) is 25.0 Å². The van der Waals surface area contributed by atoms with Gasteiger partial charge in [0.15, 0.2) is 0 Å². The van der Waals surface area contributed by atoms with Crippen LogP contribution in [-0.2, 0) is 11.2 Å². The summed E-state index contributed by atoms with van der Waals surface area (Å²) in [6.45, 7) is 2.38. The van der Waals surface area contributed by atoms with Crippen LogP contribution >= 0.6 is 0 Å². The zero-order chi connectivity index (χ0) is 18.4. The Kier molecular flexibility index (Phi) is 5.59. The lowest BCUT2D eigenvalue weighted by Gasteiger charge is -2.06. The molecule has 1 heterocycles. The second-order valence-corrected chi connectivity index (χ2v) is 5.99. The lowest BCUT2D eigenvalue weighted by Crippen LogP contribution is -2.23. The molecule has 0 spiro atoms. The van der Waals surface area contributed by atoms with Gasteiger partial charge in [-0.25, -0.2) is 9.07 Å². The second-order valence-electron chi connectivity index (χ2n) is 5.99. The molecule has 0 bridgehead atoms. The lowest BCUT2D eigenvalue weighted by atomic mass is 10.1. The molecule has 5 heteroatoms. The van der Waals surface area contributed by atoms with Crippen LogP contribution in [0.1, 0.15) is 18.1 Å². The third-order valence-electron chi connectivity index (χ3n) is 4.07. The van der Waals surface area contributed by atoms with Gasteiger partial charge in [0.2, 0.25) is 5.91 Å². The number of rotatable bonds is 6. The summed E-state index contributed by atoms with van der Waals surface area (Å²) in [5.41, 5.74) is 3.77. The number of halogens is 1. The monoisotopic (exact) mass is 349 g/mol. The number of carbonyl (C=O) groups excluding carboxylic acids is 1. The van der Waals surface area contributed by atoms with E-state index in [9.17, 15) is 9.18 Å². The molecule has 2 aromatic carbocycles. The molecule has 0 aliphatic heterocycles. The summed E-state index contributed by atoms with van der Waals surface area (Å²) in [6, 6.07) is 16.0. The van der Waals surface area contributed by atoms with Crippen molar-refractivity contribution in [2.75, 3.05) is 6.54 Å². The Balaban J connectivity index is 1.50. The number of hydrogen-bond acceptors (Lipinski definition) is 2. The molecule has 0 radical (unpaired) electrons. The van der Waals surface area contributed by atoms with Gasteiger partial charge in [-0.05, 0) is 60.4 Å². The highest BCUT2D eigenvalue weighted by molar-refractivity contribution is 5.94. The third kappa shape index (κ3) is 4.66. The largest absolute Gasteiger partial charge is 0.352 e. The van der Waals surface area contributed by atoms with Gasteiger partial charge in [-0.15, -0.1) is 0 Å². The van der Waals surface area contributed by atoms with Crippen molar-refractivity contribution in [3.63, 3.8) is 0 Å². The summed E-state index contributed by atoms with van der Waals surface area (Å²) in [6.07, 6.45) is 5.92. The van der Waals surface area contributed by atoms with Gasteiger partial charge in [-0.1, -0.05) is 24.3 Å². The summed E-state index contributed by atoms with van der Waals surface area (Å²) in [4.78, 5) is 12.0. The van der Waals surface area contributed by atoms with E-state index in [1.807, 2.05) is 43.5 Å². The molecular formula is C21H20FN3O. The number of nitrogens with zero attached hydrogens (tertiary/aromatic N) is 2. The SMILES string of the molecule is C/C(=C/C(=O)NCCc1ccc(-n2cccn2)cc1)c1ccc(F)cc1. The van der Waals surface area contributed by atoms with E-state index in [1.165, 1.54) is 18.2 Å². The molecule has 26 heavy (non-hydrogen) atoms. The Labute approximate surface area is 152 Å². The van der Waals surface area contributed by atoms with Crippen molar-refractivity contribution in [2.45, 2.75) is 13.3 Å². The maximum atomic E-state index is 12.9. The van der Waals surface area contributed by atoms with Crippen molar-refractivity contribution in [1.29, 1.82) is 0 Å². The molecule has 0 aliphatic rings. The number of aromatic nitrogens is 2. The maximum Gasteiger partial charge on any atom is 0.244 e. The average molecular weight is 349 g/mol. The zero-order valence-corrected chi connectivity index (χ0v) is 14.5. The second kappa shape index (κ2) is 8.25. The van der Waals surface area contributed by atoms with Gasteiger partial charge < -0.3 is 5.32 Å². The molecule has 132 valence electrons. The van der Waals surface area contributed by atoms with Crippen molar-refractivity contribution in [1.82, 2.24) is 15.1 Å². The van der Waals surface area contributed by atoms with Crippen molar-refractivity contribution in [3.8, 4) is 5.69 Å². The summed E-state index contributed by atoms with van der Waals surface area (Å²) >= 11 is 0. The molecule has 4 nitrogen and oxygen atoms in total. The highest BCUT2D eigenvalue weighted by Gasteiger charge is 2.02. The average Bonchev–Trinajstić information content (AvgIpc) is 3.17. The molecule has 3 aromatic rings. The number of benzene rings is 2. The Bertz CT molecular complexity index is 882. The molecule has 3 rings (SSSR count). The van der Waals surface area contributed by atoms with Crippen LogP contribution in [-0.4, -0.2) is 22.2 Å². The standard InChI is InChI=1S/C21H20FN3O/c1-16(18-5-7-19(22)8-6-18)15-21(26)23-13-11-17-3-9-20(10-4-17)25-14-2-12-24-25/h2-10,12,14-15H,11,13H2,1H3,(H,23,26)/b16-15-. The minimum absolute atomic E-state index is 0.153. The first-order valence-corrected chi connectivity index (χ1v) is 8.43. The lowest BCUT2D eigenvalue weighted by molar-refractivity contribution is -0.116.